The van der Waals surface area contributed by atoms with Gasteiger partial charge in [0, 0.05) is 10.8 Å². The van der Waals surface area contributed by atoms with E-state index in [1.807, 2.05) is 10.6 Å². The summed E-state index contributed by atoms with van der Waals surface area (Å²) in [6, 6.07) is -3.60. The van der Waals surface area contributed by atoms with Gasteiger partial charge in [0.05, 0.1) is 25.2 Å². The summed E-state index contributed by atoms with van der Waals surface area (Å²) >= 11 is 0. The summed E-state index contributed by atoms with van der Waals surface area (Å²) < 4.78 is 0. The molecule has 15 heteroatoms. The van der Waals surface area contributed by atoms with Crippen LogP contribution in [0.1, 0.15) is 41.5 Å². The molecule has 0 aliphatic carbocycles. The quantitative estimate of drug-likeness (QED) is 0.101. The van der Waals surface area contributed by atoms with Crippen molar-refractivity contribution in [3.05, 3.63) is 0 Å². The molecule has 0 spiro atoms. The Morgan fingerprint density at radius 2 is 0.914 bits per heavy atom. The molecule has 6 N–H and O–H groups in total. The Kier molecular flexibility index (Phi) is 17.5. The van der Waals surface area contributed by atoms with Gasteiger partial charge in [0.15, 0.2) is 11.6 Å². The van der Waals surface area contributed by atoms with Crippen molar-refractivity contribution in [2.75, 3.05) is 13.2 Å². The topological polar surface area (TPSA) is 254 Å². The maximum atomic E-state index is 11.5. The molecule has 35 heavy (non-hydrogen) atoms. The zero-order valence-corrected chi connectivity index (χ0v) is 22.7. The first-order valence-electron chi connectivity index (χ1n) is 9.88. The van der Waals surface area contributed by atoms with E-state index in [-0.39, 0.29) is 37.7 Å². The first-order valence-corrected chi connectivity index (χ1v) is 9.88. The number of hydrogen-bond donors (Lipinski definition) is 6. The molecule has 0 rings (SSSR count). The van der Waals surface area contributed by atoms with E-state index in [1.54, 1.807) is 0 Å². The summed E-state index contributed by atoms with van der Waals surface area (Å²) in [5, 5.41) is 61.8. The van der Waals surface area contributed by atoms with Crippen molar-refractivity contribution in [3.63, 3.8) is 0 Å². The van der Waals surface area contributed by atoms with Crippen LogP contribution in [0, 0.1) is 10.8 Å². The molecule has 196 valence electrons. The summed E-state index contributed by atoms with van der Waals surface area (Å²) in [5.41, 5.74) is -2.28. The van der Waals surface area contributed by atoms with E-state index >= 15 is 0 Å². The third kappa shape index (κ3) is 12.7. The van der Waals surface area contributed by atoms with Gasteiger partial charge in [-0.15, -0.1) is 0 Å². The number of ketones is 2. The van der Waals surface area contributed by atoms with Crippen LogP contribution in [-0.4, -0.2) is 131 Å². The number of aliphatic hydroxyl groups is 4. The first kappa shape index (κ1) is 37.9. The Labute approximate surface area is 232 Å². The van der Waals surface area contributed by atoms with Crippen LogP contribution in [0.4, 0.5) is 0 Å². The van der Waals surface area contributed by atoms with Crippen molar-refractivity contribution in [3.8, 4) is 0 Å². The molecular weight excluding hydrogens is 500 g/mol. The van der Waals surface area contributed by atoms with E-state index in [1.165, 1.54) is 27.7 Å². The Balaban J connectivity index is -0.000000569. The van der Waals surface area contributed by atoms with Gasteiger partial charge in [-0.2, -0.15) is 0 Å². The molecule has 4 atom stereocenters. The number of carboxylic acid groups (broad SMARTS) is 2. The van der Waals surface area contributed by atoms with Crippen molar-refractivity contribution < 1.29 is 59.4 Å². The Morgan fingerprint density at radius 3 is 1.06 bits per heavy atom. The van der Waals surface area contributed by atoms with Gasteiger partial charge in [0.25, 0.3) is 0 Å². The number of nitrogens with one attached hydrogen (secondary N) is 2. The van der Waals surface area contributed by atoms with E-state index in [0.29, 0.717) is 0 Å². The number of amides is 2. The largest absolute Gasteiger partial charge is 2.00 e. The Bertz CT molecular complexity index is 692. The van der Waals surface area contributed by atoms with Gasteiger partial charge in [-0.05, 0) is 13.8 Å². The number of carboxylic acids is 2. The van der Waals surface area contributed by atoms with E-state index in [9.17, 15) is 49.2 Å². The molecule has 2 amide bonds. The molecular formula is C20H32CaN2O12. The summed E-state index contributed by atoms with van der Waals surface area (Å²) in [7, 11) is 0. The van der Waals surface area contributed by atoms with E-state index in [0.717, 1.165) is 13.8 Å². The van der Waals surface area contributed by atoms with Crippen LogP contribution in [0.2, 0.25) is 0 Å². The third-order valence-corrected chi connectivity index (χ3v) is 4.65. The average molecular weight is 533 g/mol. The second-order valence-corrected chi connectivity index (χ2v) is 8.84. The summed E-state index contributed by atoms with van der Waals surface area (Å²) in [5.74, 6) is -7.22. The van der Waals surface area contributed by atoms with Crippen molar-refractivity contribution in [1.82, 2.24) is 10.6 Å². The first-order chi connectivity index (χ1) is 15.3. The van der Waals surface area contributed by atoms with Gasteiger partial charge >= 0.3 is 37.7 Å². The molecule has 14 nitrogen and oxygen atoms in total. The minimum atomic E-state index is -1.80. The summed E-state index contributed by atoms with van der Waals surface area (Å²) in [6.07, 6.45) is -3.26. The van der Waals surface area contributed by atoms with Crippen molar-refractivity contribution in [1.29, 1.82) is 0 Å². The molecule has 0 radical (unpaired) electrons. The average Bonchev–Trinajstić information content (AvgIpc) is 2.73. The molecule has 0 aromatic carbocycles. The van der Waals surface area contributed by atoms with Gasteiger partial charge in [0.1, 0.15) is 24.3 Å². The predicted molar refractivity (Wildman–Crippen MR) is 115 cm³/mol. The summed E-state index contributed by atoms with van der Waals surface area (Å²) in [4.78, 5) is 65.8. The summed E-state index contributed by atoms with van der Waals surface area (Å²) in [6.45, 7) is 6.67. The SMILES string of the molecule is CC(=O)C(NC(=O)[C@H](O)C(C)(C)CO)C(=O)[O-].CC(=O)C(NC(=O)[C@H](O)C(C)(C)CO)C(=O)[O-].[Ca+2]. The minimum Gasteiger partial charge on any atom is -0.547 e. The fourth-order valence-electron chi connectivity index (χ4n) is 1.98. The predicted octanol–water partition coefficient (Wildman–Crippen LogP) is -6.00. The zero-order chi connectivity index (χ0) is 27.6. The van der Waals surface area contributed by atoms with Gasteiger partial charge in [0.2, 0.25) is 11.8 Å². The molecule has 2 unspecified atom stereocenters. The van der Waals surface area contributed by atoms with Crippen LogP contribution < -0.4 is 20.8 Å². The standard InChI is InChI=1S/2C10H17NO6.Ca/c2*1-5(13)6(9(16)17)11-8(15)7(14)10(2,3)4-12;/h2*6-7,12,14H,4H2,1-3H3,(H,11,15)(H,16,17);/q;;+2/p-2/t2*6?,7-;/m00./s1. The molecule has 0 saturated heterocycles. The van der Waals surface area contributed by atoms with E-state index < -0.39 is 83.7 Å². The van der Waals surface area contributed by atoms with Gasteiger partial charge < -0.3 is 50.9 Å². The number of rotatable bonds is 12. The van der Waals surface area contributed by atoms with Crippen molar-refractivity contribution in [2.45, 2.75) is 65.8 Å². The van der Waals surface area contributed by atoms with Gasteiger partial charge in [-0.1, -0.05) is 27.7 Å². The smallest absolute Gasteiger partial charge is 0.547 e. The zero-order valence-electron chi connectivity index (χ0n) is 20.5. The van der Waals surface area contributed by atoms with Crippen LogP contribution in [0.5, 0.6) is 0 Å². The molecule has 0 fully saturated rings. The molecule has 0 aromatic heterocycles. The number of carbonyl (C=O) groups is 6. The van der Waals surface area contributed by atoms with Crippen molar-refractivity contribution in [2.24, 2.45) is 10.8 Å². The van der Waals surface area contributed by atoms with Crippen LogP contribution in [-0.2, 0) is 28.8 Å². The fourth-order valence-corrected chi connectivity index (χ4v) is 1.98. The van der Waals surface area contributed by atoms with Crippen LogP contribution in [0.25, 0.3) is 0 Å². The van der Waals surface area contributed by atoms with Gasteiger partial charge in [-0.3, -0.25) is 19.2 Å². The molecule has 0 aliphatic heterocycles. The maximum absolute atomic E-state index is 11.5. The number of carbonyl (C=O) groups excluding carboxylic acids is 6. The number of aliphatic hydroxyl groups excluding tert-OH is 4. The van der Waals surface area contributed by atoms with Crippen LogP contribution >= 0.6 is 0 Å². The molecule has 0 aromatic rings. The number of aliphatic carboxylic acids is 2. The monoisotopic (exact) mass is 532 g/mol. The van der Waals surface area contributed by atoms with Gasteiger partial charge in [-0.25, -0.2) is 0 Å². The molecule has 0 heterocycles. The van der Waals surface area contributed by atoms with E-state index in [4.69, 9.17) is 10.2 Å². The number of hydrogen-bond acceptors (Lipinski definition) is 12. The normalized spacial score (nSPS) is 14.5. The second kappa shape index (κ2) is 16.1. The fraction of sp³-hybridized carbons (Fsp3) is 0.700. The van der Waals surface area contributed by atoms with E-state index in [2.05, 4.69) is 0 Å². The second-order valence-electron chi connectivity index (χ2n) is 8.84. The molecule has 0 aliphatic rings. The van der Waals surface area contributed by atoms with Crippen LogP contribution in [0.15, 0.2) is 0 Å². The van der Waals surface area contributed by atoms with Crippen molar-refractivity contribution >= 4 is 73.1 Å². The Hall–Kier alpha value is -1.68. The Morgan fingerprint density at radius 1 is 0.686 bits per heavy atom. The molecule has 0 bridgehead atoms. The maximum Gasteiger partial charge on any atom is 2.00 e. The van der Waals surface area contributed by atoms with Crippen LogP contribution in [0.3, 0.4) is 0 Å². The number of Topliss-reactive ketones (excluding diaryl/α,β-unsaturated/α-hetero) is 2. The minimum absolute atomic E-state index is 0. The molecule has 0 saturated carbocycles. The third-order valence-electron chi connectivity index (χ3n) is 4.65.